The number of likely N-dealkylation sites (N-methyl/N-ethyl adjacent to an activating group) is 1. The summed E-state index contributed by atoms with van der Waals surface area (Å²) in [5, 5.41) is 4.25. The highest BCUT2D eigenvalue weighted by Gasteiger charge is 2.41. The minimum atomic E-state index is 0.0951. The van der Waals surface area contributed by atoms with Gasteiger partial charge in [0.15, 0.2) is 0 Å². The standard InChI is InChI=1S/C18H23N3O2/c1-4-6-11-21-12-20(5-2)16-15(19-23-3)13-9-7-8-10-14(13)18(22)17(16)21/h7-10H,4-6,11-12H2,1-3H3. The number of hydrogen-bond acceptors (Lipinski definition) is 5. The van der Waals surface area contributed by atoms with Crippen LogP contribution in [0.25, 0.3) is 0 Å². The number of carbonyl (C=O) groups is 1. The number of hydrogen-bond donors (Lipinski definition) is 0. The topological polar surface area (TPSA) is 45.1 Å². The Morgan fingerprint density at radius 2 is 1.87 bits per heavy atom. The molecule has 0 unspecified atom stereocenters. The number of ketones is 1. The predicted molar refractivity (Wildman–Crippen MR) is 90.2 cm³/mol. The molecule has 0 saturated heterocycles. The molecular weight excluding hydrogens is 290 g/mol. The number of fused-ring (bicyclic) bond motifs is 1. The van der Waals surface area contributed by atoms with Gasteiger partial charge in [-0.1, -0.05) is 42.8 Å². The van der Waals surface area contributed by atoms with Crippen molar-refractivity contribution >= 4 is 11.5 Å². The molecule has 3 rings (SSSR count). The van der Waals surface area contributed by atoms with Crippen LogP contribution >= 0.6 is 0 Å². The monoisotopic (exact) mass is 313 g/mol. The molecular formula is C18H23N3O2. The third-order valence-corrected chi connectivity index (χ3v) is 4.41. The first-order valence-electron chi connectivity index (χ1n) is 8.22. The molecule has 5 nitrogen and oxygen atoms in total. The van der Waals surface area contributed by atoms with E-state index in [1.165, 1.54) is 0 Å². The van der Waals surface area contributed by atoms with Gasteiger partial charge in [-0.2, -0.15) is 0 Å². The Hall–Kier alpha value is -2.30. The number of nitrogens with zero attached hydrogens (tertiary/aromatic N) is 3. The summed E-state index contributed by atoms with van der Waals surface area (Å²) < 4.78 is 0. The van der Waals surface area contributed by atoms with E-state index < -0.39 is 0 Å². The molecule has 0 radical (unpaired) electrons. The van der Waals surface area contributed by atoms with Gasteiger partial charge in [0.2, 0.25) is 5.78 Å². The van der Waals surface area contributed by atoms with Crippen LogP contribution in [0.4, 0.5) is 0 Å². The van der Waals surface area contributed by atoms with Crippen LogP contribution in [0.5, 0.6) is 0 Å². The van der Waals surface area contributed by atoms with E-state index >= 15 is 0 Å². The van der Waals surface area contributed by atoms with Gasteiger partial charge in [0.25, 0.3) is 0 Å². The Morgan fingerprint density at radius 3 is 2.52 bits per heavy atom. The summed E-state index contributed by atoms with van der Waals surface area (Å²) in [6.07, 6.45) is 2.18. The van der Waals surface area contributed by atoms with E-state index in [0.29, 0.717) is 5.56 Å². The van der Waals surface area contributed by atoms with E-state index in [0.717, 1.165) is 55.3 Å². The molecule has 1 aromatic carbocycles. The fourth-order valence-corrected chi connectivity index (χ4v) is 3.28. The first-order valence-corrected chi connectivity index (χ1v) is 8.22. The van der Waals surface area contributed by atoms with E-state index in [-0.39, 0.29) is 5.78 Å². The van der Waals surface area contributed by atoms with Crippen molar-refractivity contribution in [3.8, 4) is 0 Å². The van der Waals surface area contributed by atoms with Gasteiger partial charge in [-0.15, -0.1) is 0 Å². The van der Waals surface area contributed by atoms with Crippen molar-refractivity contribution in [3.63, 3.8) is 0 Å². The summed E-state index contributed by atoms with van der Waals surface area (Å²) in [7, 11) is 1.55. The zero-order valence-corrected chi connectivity index (χ0v) is 14.0. The number of oxime groups is 1. The molecule has 5 heteroatoms. The molecule has 1 aliphatic heterocycles. The van der Waals surface area contributed by atoms with Gasteiger partial charge < -0.3 is 14.6 Å². The first kappa shape index (κ1) is 15.6. The molecule has 0 spiro atoms. The minimum absolute atomic E-state index is 0.0951. The van der Waals surface area contributed by atoms with E-state index in [1.807, 2.05) is 24.3 Å². The molecule has 0 aromatic heterocycles. The lowest BCUT2D eigenvalue weighted by Crippen LogP contribution is -2.30. The largest absolute Gasteiger partial charge is 0.399 e. The first-order chi connectivity index (χ1) is 11.2. The lowest BCUT2D eigenvalue weighted by atomic mass is 9.89. The average molecular weight is 313 g/mol. The second-order valence-corrected chi connectivity index (χ2v) is 5.81. The Labute approximate surface area is 137 Å². The number of allylic oxidation sites excluding steroid dienone is 2. The minimum Gasteiger partial charge on any atom is -0.399 e. The number of unbranched alkanes of at least 4 members (excludes halogenated alkanes) is 1. The molecule has 0 N–H and O–H groups in total. The number of Topliss-reactive ketones (excluding diaryl/α,β-unsaturated/α-hetero) is 1. The maximum Gasteiger partial charge on any atom is 0.212 e. The molecule has 0 fully saturated rings. The van der Waals surface area contributed by atoms with Crippen LogP contribution in [0.1, 0.15) is 42.6 Å². The number of carbonyl (C=O) groups excluding carboxylic acids is 1. The molecule has 0 amide bonds. The Balaban J connectivity index is 2.14. The Kier molecular flexibility index (Phi) is 4.37. The molecule has 1 heterocycles. The molecule has 0 atom stereocenters. The van der Waals surface area contributed by atoms with E-state index in [2.05, 4.69) is 28.8 Å². The van der Waals surface area contributed by atoms with Crippen LogP contribution in [0.2, 0.25) is 0 Å². The van der Waals surface area contributed by atoms with Crippen molar-refractivity contribution in [2.45, 2.75) is 26.7 Å². The molecule has 1 aromatic rings. The van der Waals surface area contributed by atoms with Gasteiger partial charge >= 0.3 is 0 Å². The molecule has 122 valence electrons. The van der Waals surface area contributed by atoms with Gasteiger partial charge in [0.1, 0.15) is 18.5 Å². The highest BCUT2D eigenvalue weighted by atomic mass is 16.6. The van der Waals surface area contributed by atoms with E-state index in [1.54, 1.807) is 7.11 Å². The Bertz CT molecular complexity index is 679. The van der Waals surface area contributed by atoms with E-state index in [4.69, 9.17) is 4.84 Å². The van der Waals surface area contributed by atoms with E-state index in [9.17, 15) is 4.79 Å². The second-order valence-electron chi connectivity index (χ2n) is 5.81. The lowest BCUT2D eigenvalue weighted by Gasteiger charge is -2.24. The smallest absolute Gasteiger partial charge is 0.212 e. The van der Waals surface area contributed by atoms with Crippen LogP contribution < -0.4 is 0 Å². The molecule has 1 aliphatic carbocycles. The fraction of sp³-hybridized carbons (Fsp3) is 0.444. The lowest BCUT2D eigenvalue weighted by molar-refractivity contribution is 0.0991. The van der Waals surface area contributed by atoms with Crippen LogP contribution in [-0.4, -0.2) is 48.2 Å². The Morgan fingerprint density at radius 1 is 1.13 bits per heavy atom. The van der Waals surface area contributed by atoms with Gasteiger partial charge in [-0.05, 0) is 13.3 Å². The fourth-order valence-electron chi connectivity index (χ4n) is 3.28. The zero-order valence-electron chi connectivity index (χ0n) is 14.0. The van der Waals surface area contributed by atoms with Crippen molar-refractivity contribution in [3.05, 3.63) is 46.8 Å². The van der Waals surface area contributed by atoms with Crippen molar-refractivity contribution < 1.29 is 9.63 Å². The summed E-state index contributed by atoms with van der Waals surface area (Å²) in [4.78, 5) is 22.5. The van der Waals surface area contributed by atoms with Crippen molar-refractivity contribution in [2.75, 3.05) is 26.9 Å². The van der Waals surface area contributed by atoms with Crippen molar-refractivity contribution in [1.29, 1.82) is 0 Å². The third kappa shape index (κ3) is 2.50. The highest BCUT2D eigenvalue weighted by Crippen LogP contribution is 2.35. The van der Waals surface area contributed by atoms with Gasteiger partial charge in [-0.25, -0.2) is 0 Å². The van der Waals surface area contributed by atoms with Crippen molar-refractivity contribution in [2.24, 2.45) is 5.16 Å². The predicted octanol–water partition coefficient (Wildman–Crippen LogP) is 2.84. The van der Waals surface area contributed by atoms with Crippen LogP contribution in [-0.2, 0) is 4.84 Å². The summed E-state index contributed by atoms with van der Waals surface area (Å²) >= 11 is 0. The molecule has 23 heavy (non-hydrogen) atoms. The van der Waals surface area contributed by atoms with Gasteiger partial charge in [0.05, 0.1) is 12.4 Å². The zero-order chi connectivity index (χ0) is 16.4. The molecule has 0 saturated carbocycles. The molecule has 2 aliphatic rings. The summed E-state index contributed by atoms with van der Waals surface area (Å²) in [5.41, 5.74) is 4.01. The average Bonchev–Trinajstić information content (AvgIpc) is 2.95. The number of rotatable bonds is 5. The maximum absolute atomic E-state index is 13.1. The van der Waals surface area contributed by atoms with Crippen LogP contribution in [0, 0.1) is 0 Å². The second kappa shape index (κ2) is 6.44. The SMILES string of the molecule is CCCCN1CN(CC)C2=C1C(=O)c1ccccc1C2=NOC. The third-order valence-electron chi connectivity index (χ3n) is 4.41. The van der Waals surface area contributed by atoms with Crippen molar-refractivity contribution in [1.82, 2.24) is 9.80 Å². The van der Waals surface area contributed by atoms with Gasteiger partial charge in [0, 0.05) is 24.2 Å². The highest BCUT2D eigenvalue weighted by molar-refractivity contribution is 6.28. The summed E-state index contributed by atoms with van der Waals surface area (Å²) in [6, 6.07) is 7.65. The maximum atomic E-state index is 13.1. The van der Waals surface area contributed by atoms with Crippen LogP contribution in [0.15, 0.2) is 40.8 Å². The van der Waals surface area contributed by atoms with Gasteiger partial charge in [-0.3, -0.25) is 4.79 Å². The quantitative estimate of drug-likeness (QED) is 0.784. The van der Waals surface area contributed by atoms with Crippen LogP contribution in [0.3, 0.4) is 0 Å². The summed E-state index contributed by atoms with van der Waals surface area (Å²) in [6.45, 7) is 6.73. The summed E-state index contributed by atoms with van der Waals surface area (Å²) in [5.74, 6) is 0.0951. The molecule has 0 bridgehead atoms. The number of benzene rings is 1. The normalized spacial score (nSPS) is 18.6.